The zero-order valence-electron chi connectivity index (χ0n) is 11.7. The molecule has 7 heteroatoms. The van der Waals surface area contributed by atoms with Crippen LogP contribution in [0.2, 0.25) is 5.02 Å². The summed E-state index contributed by atoms with van der Waals surface area (Å²) in [5.74, 6) is 0.264. The van der Waals surface area contributed by atoms with Crippen molar-refractivity contribution in [3.63, 3.8) is 0 Å². The lowest BCUT2D eigenvalue weighted by atomic mass is 10.1. The topological polar surface area (TPSA) is 48.0 Å². The van der Waals surface area contributed by atoms with Gasteiger partial charge in [-0.3, -0.25) is 4.79 Å². The van der Waals surface area contributed by atoms with E-state index in [1.807, 2.05) is 24.3 Å². The molecule has 0 atom stereocenters. The molecule has 0 N–H and O–H groups in total. The average molecular weight is 410 g/mol. The number of hydrogen-bond donors (Lipinski definition) is 0. The first kappa shape index (κ1) is 16.1. The Bertz CT molecular complexity index is 901. The summed E-state index contributed by atoms with van der Waals surface area (Å²) in [6.07, 6.45) is 0. The van der Waals surface area contributed by atoms with Crippen LogP contribution in [0.15, 0.2) is 57.4 Å². The van der Waals surface area contributed by atoms with Crippen molar-refractivity contribution in [1.82, 2.24) is 9.78 Å². The Morgan fingerprint density at radius 3 is 2.48 bits per heavy atom. The number of halogens is 2. The summed E-state index contributed by atoms with van der Waals surface area (Å²) in [5, 5.41) is 4.86. The second-order valence-corrected chi connectivity index (χ2v) is 6.47. The summed E-state index contributed by atoms with van der Waals surface area (Å²) in [6.45, 7) is 0.0144. The first-order valence-corrected chi connectivity index (χ1v) is 8.23. The minimum atomic E-state index is -0.117. The van der Waals surface area contributed by atoms with E-state index in [-0.39, 0.29) is 17.2 Å². The normalized spacial score (nSPS) is 10.7. The zero-order chi connectivity index (χ0) is 16.4. The van der Waals surface area contributed by atoms with E-state index < -0.39 is 0 Å². The number of Topliss-reactive ketones (excluding diaryl/α,β-unsaturated/α-hetero) is 1. The predicted molar refractivity (Wildman–Crippen MR) is 94.2 cm³/mol. The molecule has 0 saturated heterocycles. The van der Waals surface area contributed by atoms with Gasteiger partial charge in [-0.05, 0) is 60.7 Å². The lowest BCUT2D eigenvalue weighted by Gasteiger charge is -2.00. The van der Waals surface area contributed by atoms with Crippen molar-refractivity contribution in [3.05, 3.63) is 68.4 Å². The molecule has 0 aliphatic carbocycles. The Morgan fingerprint density at radius 1 is 1.17 bits per heavy atom. The van der Waals surface area contributed by atoms with Crippen molar-refractivity contribution in [2.75, 3.05) is 0 Å². The number of aromatic nitrogens is 2. The highest BCUT2D eigenvalue weighted by molar-refractivity contribution is 9.10. The van der Waals surface area contributed by atoms with E-state index in [0.717, 1.165) is 10.0 Å². The number of carbonyl (C=O) groups excluding carboxylic acids is 1. The molecule has 0 saturated carbocycles. The largest absolute Gasteiger partial charge is 0.409 e. The molecule has 0 bridgehead atoms. The summed E-state index contributed by atoms with van der Waals surface area (Å²) in [4.78, 5) is 12.4. The Labute approximate surface area is 150 Å². The van der Waals surface area contributed by atoms with E-state index >= 15 is 0 Å². The maximum Gasteiger partial charge on any atom is 0.287 e. The highest BCUT2D eigenvalue weighted by Crippen LogP contribution is 2.20. The number of rotatable bonds is 4. The van der Waals surface area contributed by atoms with Gasteiger partial charge in [0.25, 0.3) is 4.84 Å². The van der Waals surface area contributed by atoms with Crippen LogP contribution in [0.1, 0.15) is 10.4 Å². The molecule has 3 rings (SSSR count). The van der Waals surface area contributed by atoms with Crippen LogP contribution in [0.3, 0.4) is 0 Å². The van der Waals surface area contributed by atoms with Gasteiger partial charge < -0.3 is 4.42 Å². The number of benzene rings is 2. The third-order valence-corrected chi connectivity index (χ3v) is 4.23. The molecular weight excluding hydrogens is 400 g/mol. The van der Waals surface area contributed by atoms with Crippen molar-refractivity contribution in [1.29, 1.82) is 0 Å². The van der Waals surface area contributed by atoms with Crippen LogP contribution in [0.5, 0.6) is 0 Å². The first-order valence-electron chi connectivity index (χ1n) is 6.65. The molecular formula is C16H10BrClN2O2S. The van der Waals surface area contributed by atoms with Crippen LogP contribution in [0, 0.1) is 4.84 Å². The average Bonchev–Trinajstić information content (AvgIpc) is 2.89. The van der Waals surface area contributed by atoms with Crippen molar-refractivity contribution in [2.24, 2.45) is 0 Å². The molecule has 3 aromatic rings. The van der Waals surface area contributed by atoms with E-state index in [2.05, 4.69) is 21.0 Å². The van der Waals surface area contributed by atoms with Gasteiger partial charge in [-0.2, -0.15) is 0 Å². The number of nitrogens with zero attached hydrogens (tertiary/aromatic N) is 2. The van der Waals surface area contributed by atoms with Crippen LogP contribution in [0.4, 0.5) is 0 Å². The molecule has 23 heavy (non-hydrogen) atoms. The summed E-state index contributed by atoms with van der Waals surface area (Å²) in [5.41, 5.74) is 1.33. The molecule has 1 aromatic heterocycles. The fraction of sp³-hybridized carbons (Fsp3) is 0.0625. The minimum Gasteiger partial charge on any atom is -0.409 e. The Morgan fingerprint density at radius 2 is 1.83 bits per heavy atom. The molecule has 4 nitrogen and oxygen atoms in total. The Kier molecular flexibility index (Phi) is 4.75. The van der Waals surface area contributed by atoms with Gasteiger partial charge in [-0.1, -0.05) is 27.5 Å². The number of hydrogen-bond acceptors (Lipinski definition) is 4. The fourth-order valence-corrected chi connectivity index (χ4v) is 2.55. The van der Waals surface area contributed by atoms with Crippen LogP contribution in [-0.4, -0.2) is 15.6 Å². The van der Waals surface area contributed by atoms with Gasteiger partial charge in [-0.15, -0.1) is 5.10 Å². The molecule has 0 amide bonds. The first-order chi connectivity index (χ1) is 11.0. The van der Waals surface area contributed by atoms with Crippen LogP contribution in [-0.2, 0) is 6.54 Å². The van der Waals surface area contributed by atoms with Crippen molar-refractivity contribution < 1.29 is 9.21 Å². The van der Waals surface area contributed by atoms with Gasteiger partial charge in [-0.25, -0.2) is 4.68 Å². The molecule has 0 spiro atoms. The predicted octanol–water partition coefficient (Wildman–Crippen LogP) is 5.17. The molecule has 0 radical (unpaired) electrons. The Hall–Kier alpha value is -1.76. The molecule has 2 aromatic carbocycles. The summed E-state index contributed by atoms with van der Waals surface area (Å²) < 4.78 is 7.81. The van der Waals surface area contributed by atoms with E-state index in [4.69, 9.17) is 28.2 Å². The van der Waals surface area contributed by atoms with E-state index in [9.17, 15) is 4.79 Å². The number of ketones is 1. The standard InChI is InChI=1S/C16H10BrClN2O2S/c17-12-5-1-11(2-6-12)15-19-20(16(23)22-15)9-14(21)10-3-7-13(18)8-4-10/h1-8H,9H2. The molecule has 1 heterocycles. The zero-order valence-corrected chi connectivity index (χ0v) is 14.9. The summed E-state index contributed by atoms with van der Waals surface area (Å²) >= 11 is 14.3. The van der Waals surface area contributed by atoms with Crippen LogP contribution < -0.4 is 0 Å². The van der Waals surface area contributed by atoms with Gasteiger partial charge in [0.2, 0.25) is 5.89 Å². The van der Waals surface area contributed by atoms with E-state index in [1.54, 1.807) is 24.3 Å². The van der Waals surface area contributed by atoms with Gasteiger partial charge in [0.1, 0.15) is 6.54 Å². The maximum absolute atomic E-state index is 12.3. The smallest absolute Gasteiger partial charge is 0.287 e. The van der Waals surface area contributed by atoms with Crippen LogP contribution >= 0.6 is 39.7 Å². The summed E-state index contributed by atoms with van der Waals surface area (Å²) in [6, 6.07) is 14.2. The molecule has 0 unspecified atom stereocenters. The van der Waals surface area contributed by atoms with Crippen molar-refractivity contribution >= 4 is 45.5 Å². The number of carbonyl (C=O) groups is 1. The second kappa shape index (κ2) is 6.78. The lowest BCUT2D eigenvalue weighted by Crippen LogP contribution is -2.11. The van der Waals surface area contributed by atoms with E-state index in [0.29, 0.717) is 16.5 Å². The molecule has 0 fully saturated rings. The molecule has 116 valence electrons. The lowest BCUT2D eigenvalue weighted by molar-refractivity contribution is 0.0966. The van der Waals surface area contributed by atoms with E-state index in [1.165, 1.54) is 4.68 Å². The summed E-state index contributed by atoms with van der Waals surface area (Å²) in [7, 11) is 0. The third kappa shape index (κ3) is 3.77. The molecule has 0 aliphatic rings. The highest BCUT2D eigenvalue weighted by atomic mass is 79.9. The fourth-order valence-electron chi connectivity index (χ4n) is 1.98. The SMILES string of the molecule is O=C(Cn1nc(-c2ccc(Br)cc2)oc1=S)c1ccc(Cl)cc1. The quantitative estimate of drug-likeness (QED) is 0.440. The van der Waals surface area contributed by atoms with Crippen LogP contribution in [0.25, 0.3) is 11.5 Å². The highest BCUT2D eigenvalue weighted by Gasteiger charge is 2.12. The van der Waals surface area contributed by atoms with Crippen molar-refractivity contribution in [2.45, 2.75) is 6.54 Å². The van der Waals surface area contributed by atoms with Crippen molar-refractivity contribution in [3.8, 4) is 11.5 Å². The third-order valence-electron chi connectivity index (χ3n) is 3.16. The van der Waals surface area contributed by atoms with Gasteiger partial charge in [0.05, 0.1) is 0 Å². The molecule has 0 aliphatic heterocycles. The minimum absolute atomic E-state index is 0.0144. The maximum atomic E-state index is 12.3. The Balaban J connectivity index is 1.84. The van der Waals surface area contributed by atoms with Gasteiger partial charge in [0.15, 0.2) is 5.78 Å². The second-order valence-electron chi connectivity index (χ2n) is 4.77. The van der Waals surface area contributed by atoms with Gasteiger partial charge >= 0.3 is 0 Å². The van der Waals surface area contributed by atoms with Gasteiger partial charge in [0, 0.05) is 20.6 Å². The monoisotopic (exact) mass is 408 g/mol.